The second-order valence-corrected chi connectivity index (χ2v) is 4.93. The van der Waals surface area contributed by atoms with Crippen LogP contribution in [-0.2, 0) is 0 Å². The number of carbonyl (C=O) groups excluding carboxylic acids is 1. The van der Waals surface area contributed by atoms with E-state index < -0.39 is 0 Å². The van der Waals surface area contributed by atoms with Crippen molar-refractivity contribution in [3.63, 3.8) is 0 Å². The van der Waals surface area contributed by atoms with E-state index in [-0.39, 0.29) is 11.9 Å². The van der Waals surface area contributed by atoms with Crippen LogP contribution in [0.3, 0.4) is 0 Å². The van der Waals surface area contributed by atoms with Gasteiger partial charge in [-0.25, -0.2) is 0 Å². The molecule has 3 N–H and O–H groups in total. The van der Waals surface area contributed by atoms with Crippen molar-refractivity contribution in [2.45, 2.75) is 40.2 Å². The summed E-state index contributed by atoms with van der Waals surface area (Å²) in [6.07, 6.45) is 0.906. The van der Waals surface area contributed by atoms with E-state index >= 15 is 0 Å². The smallest absolute Gasteiger partial charge is 0.254 e. The van der Waals surface area contributed by atoms with Crippen LogP contribution in [0.2, 0.25) is 0 Å². The lowest BCUT2D eigenvalue weighted by atomic mass is 10.0. The quantitative estimate of drug-likeness (QED) is 0.824. The Kier molecular flexibility index (Phi) is 4.75. The number of rotatable bonds is 5. The first-order chi connectivity index (χ1) is 7.90. The molecule has 1 atom stereocenters. The Balaban J connectivity index is 2.47. The Hall–Kier alpha value is -1.29. The molecule has 17 heavy (non-hydrogen) atoms. The summed E-state index contributed by atoms with van der Waals surface area (Å²) in [4.78, 5) is 11.8. The van der Waals surface area contributed by atoms with Gasteiger partial charge in [0.25, 0.3) is 5.91 Å². The van der Waals surface area contributed by atoms with Gasteiger partial charge in [-0.1, -0.05) is 13.8 Å². The van der Waals surface area contributed by atoms with E-state index in [1.165, 1.54) is 0 Å². The molecule has 0 saturated heterocycles. The Morgan fingerprint density at radius 1 is 1.47 bits per heavy atom. The third kappa shape index (κ3) is 4.23. The zero-order chi connectivity index (χ0) is 13.0. The van der Waals surface area contributed by atoms with Gasteiger partial charge in [-0.3, -0.25) is 4.79 Å². The number of aryl methyl sites for hydroxylation is 2. The maximum absolute atomic E-state index is 11.8. The topological polar surface area (TPSA) is 68.3 Å². The highest BCUT2D eigenvalue weighted by Gasteiger charge is 2.14. The van der Waals surface area contributed by atoms with Crippen molar-refractivity contribution >= 4 is 5.91 Å². The number of carbonyl (C=O) groups is 1. The summed E-state index contributed by atoms with van der Waals surface area (Å²) in [5, 5.41) is 2.83. The number of furan rings is 1. The Labute approximate surface area is 103 Å². The minimum absolute atomic E-state index is 0.00672. The first-order valence-electron chi connectivity index (χ1n) is 6.01. The lowest BCUT2D eigenvalue weighted by Gasteiger charge is -2.14. The van der Waals surface area contributed by atoms with Crippen LogP contribution < -0.4 is 11.1 Å². The standard InChI is InChI=1S/C13H22N2O2/c1-8(2)5-11(14)7-15-13(16)12-6-9(3)17-10(12)4/h6,8,11H,5,7,14H2,1-4H3,(H,15,16). The van der Waals surface area contributed by atoms with Gasteiger partial charge in [0.05, 0.1) is 5.56 Å². The molecule has 0 fully saturated rings. The minimum Gasteiger partial charge on any atom is -0.466 e. The lowest BCUT2D eigenvalue weighted by molar-refractivity contribution is 0.0948. The van der Waals surface area contributed by atoms with E-state index in [2.05, 4.69) is 19.2 Å². The average molecular weight is 238 g/mol. The highest BCUT2D eigenvalue weighted by Crippen LogP contribution is 2.13. The van der Waals surface area contributed by atoms with Crippen LogP contribution in [0.4, 0.5) is 0 Å². The van der Waals surface area contributed by atoms with E-state index in [1.807, 2.05) is 6.92 Å². The van der Waals surface area contributed by atoms with Gasteiger partial charge in [-0.05, 0) is 32.3 Å². The molecule has 0 bridgehead atoms. The van der Waals surface area contributed by atoms with Gasteiger partial charge in [-0.2, -0.15) is 0 Å². The molecule has 96 valence electrons. The highest BCUT2D eigenvalue weighted by molar-refractivity contribution is 5.95. The fraction of sp³-hybridized carbons (Fsp3) is 0.615. The first kappa shape index (κ1) is 13.8. The molecule has 0 saturated carbocycles. The van der Waals surface area contributed by atoms with Crippen molar-refractivity contribution < 1.29 is 9.21 Å². The van der Waals surface area contributed by atoms with E-state index in [0.29, 0.717) is 23.8 Å². The first-order valence-corrected chi connectivity index (χ1v) is 6.01. The molecule has 1 amide bonds. The second kappa shape index (κ2) is 5.87. The van der Waals surface area contributed by atoms with Crippen LogP contribution >= 0.6 is 0 Å². The van der Waals surface area contributed by atoms with Gasteiger partial charge >= 0.3 is 0 Å². The molecule has 1 aromatic heterocycles. The average Bonchev–Trinajstić information content (AvgIpc) is 2.53. The van der Waals surface area contributed by atoms with Crippen molar-refractivity contribution in [3.05, 3.63) is 23.2 Å². The summed E-state index contributed by atoms with van der Waals surface area (Å²) < 4.78 is 5.31. The fourth-order valence-electron chi connectivity index (χ4n) is 1.86. The third-order valence-corrected chi connectivity index (χ3v) is 2.58. The Morgan fingerprint density at radius 2 is 2.12 bits per heavy atom. The molecule has 4 nitrogen and oxygen atoms in total. The van der Waals surface area contributed by atoms with Crippen LogP contribution in [0.25, 0.3) is 0 Å². The molecule has 0 aromatic carbocycles. The monoisotopic (exact) mass is 238 g/mol. The molecule has 1 heterocycles. The summed E-state index contributed by atoms with van der Waals surface area (Å²) in [6, 6.07) is 1.76. The van der Waals surface area contributed by atoms with Gasteiger partial charge in [-0.15, -0.1) is 0 Å². The van der Waals surface area contributed by atoms with Gasteiger partial charge < -0.3 is 15.5 Å². The van der Waals surface area contributed by atoms with Crippen molar-refractivity contribution in [2.24, 2.45) is 11.7 Å². The number of nitrogens with one attached hydrogen (secondary N) is 1. The van der Waals surface area contributed by atoms with E-state index in [9.17, 15) is 4.79 Å². The predicted molar refractivity (Wildman–Crippen MR) is 67.9 cm³/mol. The van der Waals surface area contributed by atoms with E-state index in [0.717, 1.165) is 12.2 Å². The van der Waals surface area contributed by atoms with Crippen molar-refractivity contribution in [3.8, 4) is 0 Å². The van der Waals surface area contributed by atoms with Gasteiger partial charge in [0.1, 0.15) is 11.5 Å². The maximum Gasteiger partial charge on any atom is 0.254 e. The van der Waals surface area contributed by atoms with Crippen molar-refractivity contribution in [2.75, 3.05) is 6.54 Å². The molecule has 0 aliphatic carbocycles. The minimum atomic E-state index is -0.112. The molecule has 0 aliphatic rings. The summed E-state index contributed by atoms with van der Waals surface area (Å²) >= 11 is 0. The highest BCUT2D eigenvalue weighted by atomic mass is 16.3. The fourth-order valence-corrected chi connectivity index (χ4v) is 1.86. The second-order valence-electron chi connectivity index (χ2n) is 4.93. The van der Waals surface area contributed by atoms with Crippen LogP contribution in [0, 0.1) is 19.8 Å². The maximum atomic E-state index is 11.8. The third-order valence-electron chi connectivity index (χ3n) is 2.58. The number of nitrogens with two attached hydrogens (primary N) is 1. The summed E-state index contributed by atoms with van der Waals surface area (Å²) in [7, 11) is 0. The molecule has 1 aromatic rings. The zero-order valence-electron chi connectivity index (χ0n) is 11.0. The molecular weight excluding hydrogens is 216 g/mol. The molecule has 0 spiro atoms. The molecule has 1 unspecified atom stereocenters. The van der Waals surface area contributed by atoms with Crippen LogP contribution in [0.15, 0.2) is 10.5 Å². The molecular formula is C13H22N2O2. The summed E-state index contributed by atoms with van der Waals surface area (Å²) in [5.41, 5.74) is 6.50. The number of hydrogen-bond acceptors (Lipinski definition) is 3. The van der Waals surface area contributed by atoms with E-state index in [4.69, 9.17) is 10.2 Å². The number of amides is 1. The van der Waals surface area contributed by atoms with Gasteiger partial charge in [0.15, 0.2) is 0 Å². The SMILES string of the molecule is Cc1cc(C(=O)NCC(N)CC(C)C)c(C)o1. The van der Waals surface area contributed by atoms with Crippen LogP contribution in [0.5, 0.6) is 0 Å². The molecule has 0 radical (unpaired) electrons. The molecule has 4 heteroatoms. The normalized spacial score (nSPS) is 12.8. The van der Waals surface area contributed by atoms with Crippen LogP contribution in [-0.4, -0.2) is 18.5 Å². The van der Waals surface area contributed by atoms with Crippen molar-refractivity contribution in [1.82, 2.24) is 5.32 Å². The molecule has 0 aliphatic heterocycles. The zero-order valence-corrected chi connectivity index (χ0v) is 11.0. The summed E-state index contributed by atoms with van der Waals surface area (Å²) in [5.74, 6) is 1.83. The summed E-state index contributed by atoms with van der Waals surface area (Å²) in [6.45, 7) is 8.35. The van der Waals surface area contributed by atoms with Gasteiger partial charge in [0.2, 0.25) is 0 Å². The van der Waals surface area contributed by atoms with Crippen molar-refractivity contribution in [1.29, 1.82) is 0 Å². The number of hydrogen-bond donors (Lipinski definition) is 2. The molecule has 1 rings (SSSR count). The Morgan fingerprint density at radius 3 is 2.59 bits per heavy atom. The Bertz CT molecular complexity index is 383. The van der Waals surface area contributed by atoms with Gasteiger partial charge in [0, 0.05) is 12.6 Å². The van der Waals surface area contributed by atoms with E-state index in [1.54, 1.807) is 13.0 Å². The van der Waals surface area contributed by atoms with Crippen LogP contribution in [0.1, 0.15) is 42.1 Å². The predicted octanol–water partition coefficient (Wildman–Crippen LogP) is 2.00. The lowest BCUT2D eigenvalue weighted by Crippen LogP contribution is -2.38. The largest absolute Gasteiger partial charge is 0.466 e.